The molecule has 0 aliphatic carbocycles. The van der Waals surface area contributed by atoms with Crippen LogP contribution in [-0.4, -0.2) is 12.2 Å². The molecule has 1 aliphatic heterocycles. The fraction of sp³-hybridized carbons (Fsp3) is 0.417. The van der Waals surface area contributed by atoms with E-state index in [1.165, 1.54) is 0 Å². The van der Waals surface area contributed by atoms with Gasteiger partial charge in [-0.3, -0.25) is 0 Å². The first-order valence-corrected chi connectivity index (χ1v) is 5.00. The minimum Gasteiger partial charge on any atom is -0.484 e. The van der Waals surface area contributed by atoms with Crippen molar-refractivity contribution in [2.45, 2.75) is 19.4 Å². The van der Waals surface area contributed by atoms with E-state index < -0.39 is 5.60 Å². The van der Waals surface area contributed by atoms with Crippen molar-refractivity contribution >= 4 is 0 Å². The zero-order valence-electron chi connectivity index (χ0n) is 8.86. The molecule has 3 heteroatoms. The zero-order valence-corrected chi connectivity index (χ0v) is 8.86. The molecule has 78 valence electrons. The van der Waals surface area contributed by atoms with Crippen LogP contribution in [0.2, 0.25) is 0 Å². The second-order valence-corrected chi connectivity index (χ2v) is 3.99. The van der Waals surface area contributed by atoms with E-state index in [0.29, 0.717) is 11.5 Å². The number of hydrogen-bond acceptors (Lipinski definition) is 3. The maximum Gasteiger partial charge on any atom is 0.230 e. The third-order valence-electron chi connectivity index (χ3n) is 2.71. The molecule has 15 heavy (non-hydrogen) atoms. The molecule has 1 aliphatic rings. The lowest BCUT2D eigenvalue weighted by Crippen LogP contribution is -2.48. The first-order chi connectivity index (χ1) is 7.18. The molecule has 0 aromatic heterocycles. The average molecular weight is 203 g/mol. The van der Waals surface area contributed by atoms with Crippen LogP contribution in [0.4, 0.5) is 0 Å². The van der Waals surface area contributed by atoms with Gasteiger partial charge in [-0.15, -0.1) is 0 Å². The van der Waals surface area contributed by atoms with E-state index in [0.717, 1.165) is 0 Å². The van der Waals surface area contributed by atoms with E-state index >= 15 is 0 Å². The number of para-hydroxylation sites is 2. The first kappa shape index (κ1) is 9.85. The number of nitrogens with zero attached hydrogens (tertiary/aromatic N) is 1. The van der Waals surface area contributed by atoms with Gasteiger partial charge in [-0.25, -0.2) is 0 Å². The lowest BCUT2D eigenvalue weighted by molar-refractivity contribution is 0.00155. The van der Waals surface area contributed by atoms with Crippen LogP contribution in [-0.2, 0) is 0 Å². The summed E-state index contributed by atoms with van der Waals surface area (Å²) in [6, 6.07) is 9.63. The Balaban J connectivity index is 2.36. The van der Waals surface area contributed by atoms with Crippen LogP contribution in [0.15, 0.2) is 24.3 Å². The second-order valence-electron chi connectivity index (χ2n) is 3.99. The van der Waals surface area contributed by atoms with Crippen LogP contribution in [0.1, 0.15) is 13.8 Å². The molecule has 1 aromatic rings. The van der Waals surface area contributed by atoms with Crippen LogP contribution in [0.5, 0.6) is 11.5 Å². The van der Waals surface area contributed by atoms with E-state index in [1.54, 1.807) is 0 Å². The summed E-state index contributed by atoms with van der Waals surface area (Å²) in [4.78, 5) is 0. The SMILES string of the molecule is CC(C)[C@@]1(C#N)COc2ccccc2O1. The Morgan fingerprint density at radius 2 is 2.00 bits per heavy atom. The number of benzene rings is 1. The number of hydrogen-bond donors (Lipinski definition) is 0. The molecular formula is C12H13NO2. The molecule has 0 bridgehead atoms. The highest BCUT2D eigenvalue weighted by Crippen LogP contribution is 2.37. The summed E-state index contributed by atoms with van der Waals surface area (Å²) in [6.45, 7) is 4.21. The normalized spacial score (nSPS) is 23.6. The Kier molecular flexibility index (Phi) is 2.28. The van der Waals surface area contributed by atoms with Crippen molar-refractivity contribution in [3.8, 4) is 17.6 Å². The summed E-state index contributed by atoms with van der Waals surface area (Å²) >= 11 is 0. The van der Waals surface area contributed by atoms with E-state index in [2.05, 4.69) is 6.07 Å². The summed E-state index contributed by atoms with van der Waals surface area (Å²) in [5, 5.41) is 9.18. The molecule has 2 rings (SSSR count). The first-order valence-electron chi connectivity index (χ1n) is 5.00. The van der Waals surface area contributed by atoms with Crippen LogP contribution >= 0.6 is 0 Å². The van der Waals surface area contributed by atoms with Gasteiger partial charge in [0.05, 0.1) is 0 Å². The predicted molar refractivity (Wildman–Crippen MR) is 55.7 cm³/mol. The Morgan fingerprint density at radius 3 is 2.60 bits per heavy atom. The summed E-state index contributed by atoms with van der Waals surface area (Å²) in [5.41, 5.74) is -0.853. The van der Waals surface area contributed by atoms with E-state index in [4.69, 9.17) is 9.47 Å². The van der Waals surface area contributed by atoms with Gasteiger partial charge in [-0.1, -0.05) is 26.0 Å². The molecule has 0 unspecified atom stereocenters. The van der Waals surface area contributed by atoms with Crippen molar-refractivity contribution in [3.05, 3.63) is 24.3 Å². The van der Waals surface area contributed by atoms with Gasteiger partial charge >= 0.3 is 0 Å². The maximum absolute atomic E-state index is 9.18. The van der Waals surface area contributed by atoms with E-state index in [9.17, 15) is 5.26 Å². The number of nitriles is 1. The smallest absolute Gasteiger partial charge is 0.230 e. The van der Waals surface area contributed by atoms with Gasteiger partial charge in [0, 0.05) is 5.92 Å². The van der Waals surface area contributed by atoms with Crippen LogP contribution in [0.3, 0.4) is 0 Å². The highest BCUT2D eigenvalue weighted by molar-refractivity contribution is 5.42. The van der Waals surface area contributed by atoms with E-state index in [-0.39, 0.29) is 12.5 Å². The third kappa shape index (κ3) is 1.52. The van der Waals surface area contributed by atoms with Crippen molar-refractivity contribution in [1.29, 1.82) is 5.26 Å². The summed E-state index contributed by atoms with van der Waals surface area (Å²) in [6.07, 6.45) is 0. The molecular weight excluding hydrogens is 190 g/mol. The molecule has 0 saturated heterocycles. The molecule has 0 N–H and O–H groups in total. The molecule has 1 aromatic carbocycles. The summed E-state index contributed by atoms with van der Waals surface area (Å²) in [5.74, 6) is 1.46. The highest BCUT2D eigenvalue weighted by Gasteiger charge is 2.41. The molecule has 1 atom stereocenters. The highest BCUT2D eigenvalue weighted by atomic mass is 16.6. The van der Waals surface area contributed by atoms with E-state index in [1.807, 2.05) is 38.1 Å². The van der Waals surface area contributed by atoms with Crippen molar-refractivity contribution in [2.24, 2.45) is 5.92 Å². The molecule has 0 amide bonds. The Hall–Kier alpha value is -1.69. The Bertz CT molecular complexity index is 408. The quantitative estimate of drug-likeness (QED) is 0.703. The van der Waals surface area contributed by atoms with Crippen LogP contribution < -0.4 is 9.47 Å². The lowest BCUT2D eigenvalue weighted by Gasteiger charge is -2.35. The topological polar surface area (TPSA) is 42.2 Å². The van der Waals surface area contributed by atoms with Crippen LogP contribution in [0.25, 0.3) is 0 Å². The molecule has 0 saturated carbocycles. The largest absolute Gasteiger partial charge is 0.484 e. The third-order valence-corrected chi connectivity index (χ3v) is 2.71. The molecule has 0 fully saturated rings. The zero-order chi connectivity index (χ0) is 10.9. The van der Waals surface area contributed by atoms with Crippen molar-refractivity contribution < 1.29 is 9.47 Å². The van der Waals surface area contributed by atoms with Gasteiger partial charge in [0.15, 0.2) is 11.5 Å². The summed E-state index contributed by atoms with van der Waals surface area (Å²) in [7, 11) is 0. The average Bonchev–Trinajstić information content (AvgIpc) is 2.28. The standard InChI is InChI=1S/C12H13NO2/c1-9(2)12(7-13)8-14-10-5-3-4-6-11(10)15-12/h3-6,9H,8H2,1-2H3/t12-/m1/s1. The minimum atomic E-state index is -0.853. The lowest BCUT2D eigenvalue weighted by atomic mass is 9.91. The molecule has 3 nitrogen and oxygen atoms in total. The van der Waals surface area contributed by atoms with Gasteiger partial charge < -0.3 is 9.47 Å². The minimum absolute atomic E-state index is 0.0934. The van der Waals surface area contributed by atoms with Crippen LogP contribution in [0, 0.1) is 17.2 Å². The molecule has 0 spiro atoms. The molecule has 0 radical (unpaired) electrons. The van der Waals surface area contributed by atoms with Crippen molar-refractivity contribution in [3.63, 3.8) is 0 Å². The van der Waals surface area contributed by atoms with Gasteiger partial charge in [-0.2, -0.15) is 5.26 Å². The predicted octanol–water partition coefficient (Wildman–Crippen LogP) is 2.38. The van der Waals surface area contributed by atoms with Gasteiger partial charge in [-0.05, 0) is 12.1 Å². The van der Waals surface area contributed by atoms with Gasteiger partial charge in [0.25, 0.3) is 0 Å². The number of fused-ring (bicyclic) bond motifs is 1. The number of rotatable bonds is 1. The van der Waals surface area contributed by atoms with Gasteiger partial charge in [0.2, 0.25) is 5.60 Å². The summed E-state index contributed by atoms with van der Waals surface area (Å²) < 4.78 is 11.3. The van der Waals surface area contributed by atoms with Crippen molar-refractivity contribution in [1.82, 2.24) is 0 Å². The maximum atomic E-state index is 9.18. The number of ether oxygens (including phenoxy) is 2. The Morgan fingerprint density at radius 1 is 1.33 bits per heavy atom. The van der Waals surface area contributed by atoms with Crippen molar-refractivity contribution in [2.75, 3.05) is 6.61 Å². The van der Waals surface area contributed by atoms with Gasteiger partial charge in [0.1, 0.15) is 12.7 Å². The molecule has 1 heterocycles. The Labute approximate surface area is 89.2 Å². The fourth-order valence-electron chi connectivity index (χ4n) is 1.53. The fourth-order valence-corrected chi connectivity index (χ4v) is 1.53. The second kappa shape index (κ2) is 3.47. The monoisotopic (exact) mass is 203 g/mol.